The molecule has 0 amide bonds. The van der Waals surface area contributed by atoms with Gasteiger partial charge in [0.2, 0.25) is 0 Å². The van der Waals surface area contributed by atoms with Gasteiger partial charge in [0.1, 0.15) is 0 Å². The van der Waals surface area contributed by atoms with Crippen molar-refractivity contribution >= 4 is 0 Å². The summed E-state index contributed by atoms with van der Waals surface area (Å²) in [6.45, 7) is 17.9. The van der Waals surface area contributed by atoms with Gasteiger partial charge in [0.15, 0.2) is 0 Å². The van der Waals surface area contributed by atoms with Gasteiger partial charge in [-0.25, -0.2) is 0 Å². The summed E-state index contributed by atoms with van der Waals surface area (Å²) < 4.78 is 0. The van der Waals surface area contributed by atoms with E-state index in [2.05, 4.69) is 41.5 Å². The van der Waals surface area contributed by atoms with Gasteiger partial charge in [0, 0.05) is 0 Å². The maximum Gasteiger partial charge on any atom is 0.0772 e. The molecule has 0 aliphatic heterocycles. The second-order valence-corrected chi connectivity index (χ2v) is 14.1. The Morgan fingerprint density at radius 2 is 1.61 bits per heavy atom. The Hall–Kier alpha value is -0.640. The Bertz CT molecular complexity index is 832. The highest BCUT2D eigenvalue weighted by Gasteiger charge is 2.63. The molecule has 0 radical (unpaired) electrons. The van der Waals surface area contributed by atoms with Crippen LogP contribution in [0.3, 0.4) is 0 Å². The van der Waals surface area contributed by atoms with Gasteiger partial charge < -0.3 is 15.3 Å². The second-order valence-electron chi connectivity index (χ2n) is 14.1. The van der Waals surface area contributed by atoms with Crippen LogP contribution in [-0.4, -0.2) is 33.1 Å². The minimum absolute atomic E-state index is 0.0170. The van der Waals surface area contributed by atoms with Crippen LogP contribution in [0.1, 0.15) is 107 Å². The Labute approximate surface area is 202 Å². The first-order valence-electron chi connectivity index (χ1n) is 13.6. The third kappa shape index (κ3) is 3.71. The molecule has 2 saturated carbocycles. The minimum atomic E-state index is -0.894. The molecule has 33 heavy (non-hydrogen) atoms. The van der Waals surface area contributed by atoms with Crippen LogP contribution in [0.25, 0.3) is 0 Å². The van der Waals surface area contributed by atoms with E-state index in [1.54, 1.807) is 31.1 Å². The summed E-state index contributed by atoms with van der Waals surface area (Å²) in [4.78, 5) is 0. The summed E-state index contributed by atoms with van der Waals surface area (Å²) in [6, 6.07) is 0. The molecule has 3 nitrogen and oxygen atoms in total. The zero-order chi connectivity index (χ0) is 24.6. The number of aliphatic hydroxyl groups excluding tert-OH is 2. The van der Waals surface area contributed by atoms with Crippen LogP contribution >= 0.6 is 0 Å². The summed E-state index contributed by atoms with van der Waals surface area (Å²) in [6.07, 6.45) is 12.0. The topological polar surface area (TPSA) is 60.7 Å². The van der Waals surface area contributed by atoms with Crippen molar-refractivity contribution in [3.63, 3.8) is 0 Å². The standard InChI is InChI=1S/C30H50O3/c1-19(23(31)13-15-26(2,3)33)20-11-17-30(8)22-9-10-24-27(4,5)25(32)14-16-28(24,6)21(22)12-18-29(20,30)7/h13,15,19-20,23-25,31-33H,9-12,14,16-18H2,1-8H3/b15-13-/t19-,20+,23+,24-,25-,28+,29+,30-/m0/s1. The van der Waals surface area contributed by atoms with Crippen molar-refractivity contribution in [1.29, 1.82) is 0 Å². The Morgan fingerprint density at radius 3 is 2.24 bits per heavy atom. The molecule has 8 atom stereocenters. The smallest absolute Gasteiger partial charge is 0.0772 e. The predicted molar refractivity (Wildman–Crippen MR) is 136 cm³/mol. The summed E-state index contributed by atoms with van der Waals surface area (Å²) >= 11 is 0. The van der Waals surface area contributed by atoms with E-state index >= 15 is 0 Å². The molecule has 0 spiro atoms. The van der Waals surface area contributed by atoms with Crippen LogP contribution in [0.4, 0.5) is 0 Å². The quantitative estimate of drug-likeness (QED) is 0.426. The lowest BCUT2D eigenvalue weighted by atomic mass is 9.43. The van der Waals surface area contributed by atoms with Crippen LogP contribution < -0.4 is 0 Å². The highest BCUT2D eigenvalue weighted by molar-refractivity contribution is 5.38. The van der Waals surface area contributed by atoms with Gasteiger partial charge in [-0.2, -0.15) is 0 Å². The van der Waals surface area contributed by atoms with E-state index in [-0.39, 0.29) is 33.7 Å². The number of hydrogen-bond donors (Lipinski definition) is 3. The first-order chi connectivity index (χ1) is 15.1. The van der Waals surface area contributed by atoms with Gasteiger partial charge >= 0.3 is 0 Å². The third-order valence-electron chi connectivity index (χ3n) is 11.7. The molecule has 4 aliphatic rings. The predicted octanol–water partition coefficient (Wildman–Crippen LogP) is 6.42. The van der Waals surface area contributed by atoms with Crippen molar-refractivity contribution < 1.29 is 15.3 Å². The van der Waals surface area contributed by atoms with E-state index in [0.29, 0.717) is 11.8 Å². The molecule has 3 heteroatoms. The fourth-order valence-corrected chi connectivity index (χ4v) is 9.31. The highest BCUT2D eigenvalue weighted by Crippen LogP contribution is 2.72. The van der Waals surface area contributed by atoms with Gasteiger partial charge in [-0.05, 0) is 105 Å². The largest absolute Gasteiger partial charge is 0.393 e. The lowest BCUT2D eigenvalue weighted by molar-refractivity contribution is -0.0967. The fourth-order valence-electron chi connectivity index (χ4n) is 9.31. The lowest BCUT2D eigenvalue weighted by Gasteiger charge is -2.62. The van der Waals surface area contributed by atoms with E-state index in [1.165, 1.54) is 38.5 Å². The van der Waals surface area contributed by atoms with Crippen molar-refractivity contribution in [2.24, 2.45) is 39.4 Å². The monoisotopic (exact) mass is 458 g/mol. The zero-order valence-electron chi connectivity index (χ0n) is 22.5. The van der Waals surface area contributed by atoms with Crippen molar-refractivity contribution in [1.82, 2.24) is 0 Å². The maximum absolute atomic E-state index is 11.0. The van der Waals surface area contributed by atoms with E-state index in [0.717, 1.165) is 12.8 Å². The molecular weight excluding hydrogens is 408 g/mol. The van der Waals surface area contributed by atoms with E-state index in [4.69, 9.17) is 0 Å². The van der Waals surface area contributed by atoms with Crippen molar-refractivity contribution in [2.45, 2.75) is 125 Å². The average molecular weight is 459 g/mol. The maximum atomic E-state index is 11.0. The fraction of sp³-hybridized carbons (Fsp3) is 0.867. The first-order valence-corrected chi connectivity index (χ1v) is 13.6. The second kappa shape index (κ2) is 7.93. The number of rotatable bonds is 4. The molecule has 0 bridgehead atoms. The van der Waals surface area contributed by atoms with Crippen LogP contribution in [0, 0.1) is 39.4 Å². The van der Waals surface area contributed by atoms with Crippen molar-refractivity contribution in [3.05, 3.63) is 23.3 Å². The Kier molecular flexibility index (Phi) is 6.12. The molecule has 3 N–H and O–H groups in total. The van der Waals surface area contributed by atoms with E-state index in [1.807, 2.05) is 6.08 Å². The van der Waals surface area contributed by atoms with Gasteiger partial charge in [0.05, 0.1) is 17.8 Å². The van der Waals surface area contributed by atoms with E-state index < -0.39 is 11.7 Å². The molecular formula is C30H50O3. The van der Waals surface area contributed by atoms with E-state index in [9.17, 15) is 15.3 Å². The van der Waals surface area contributed by atoms with Gasteiger partial charge in [-0.1, -0.05) is 64.8 Å². The third-order valence-corrected chi connectivity index (χ3v) is 11.7. The van der Waals surface area contributed by atoms with Crippen molar-refractivity contribution in [2.75, 3.05) is 0 Å². The summed E-state index contributed by atoms with van der Waals surface area (Å²) in [5.41, 5.74) is 3.20. The van der Waals surface area contributed by atoms with Gasteiger partial charge in [0.25, 0.3) is 0 Å². The summed E-state index contributed by atoms with van der Waals surface area (Å²) in [5, 5.41) is 31.9. The molecule has 4 aliphatic carbocycles. The molecule has 188 valence electrons. The van der Waals surface area contributed by atoms with Crippen LogP contribution in [0.15, 0.2) is 23.3 Å². The molecule has 0 saturated heterocycles. The molecule has 0 aromatic rings. The first kappa shape index (κ1) is 25.5. The average Bonchev–Trinajstić information content (AvgIpc) is 3.00. The highest BCUT2D eigenvalue weighted by atomic mass is 16.3. The van der Waals surface area contributed by atoms with Gasteiger partial charge in [-0.15, -0.1) is 0 Å². The summed E-state index contributed by atoms with van der Waals surface area (Å²) in [5.74, 6) is 1.21. The Morgan fingerprint density at radius 1 is 0.939 bits per heavy atom. The number of aliphatic hydroxyl groups is 3. The van der Waals surface area contributed by atoms with Crippen molar-refractivity contribution in [3.8, 4) is 0 Å². The molecule has 0 heterocycles. The van der Waals surface area contributed by atoms with Crippen LogP contribution in [-0.2, 0) is 0 Å². The SMILES string of the molecule is C[C@H]([C@H](O)/C=C\C(C)(C)O)[C@H]1CC[C@@]2(C)C3=C(CC[C@]12C)[C@@]1(C)CC[C@H](O)C(C)(C)[C@@H]1CC3. The number of fused-ring (bicyclic) bond motifs is 4. The number of allylic oxidation sites excluding steroid dienone is 2. The zero-order valence-corrected chi connectivity index (χ0v) is 22.5. The molecule has 4 rings (SSSR count). The number of hydrogen-bond acceptors (Lipinski definition) is 3. The molecule has 0 aromatic carbocycles. The lowest BCUT2D eigenvalue weighted by Crippen LogP contribution is -2.55. The Balaban J connectivity index is 1.66. The molecule has 2 fully saturated rings. The minimum Gasteiger partial charge on any atom is -0.393 e. The van der Waals surface area contributed by atoms with Crippen LogP contribution in [0.5, 0.6) is 0 Å². The normalized spacial score (nSPS) is 44.9. The van der Waals surface area contributed by atoms with Crippen LogP contribution in [0.2, 0.25) is 0 Å². The molecule has 0 aromatic heterocycles. The summed E-state index contributed by atoms with van der Waals surface area (Å²) in [7, 11) is 0. The van der Waals surface area contributed by atoms with Gasteiger partial charge in [-0.3, -0.25) is 0 Å². The molecule has 0 unspecified atom stereocenters.